The van der Waals surface area contributed by atoms with Crippen LogP contribution >= 0.6 is 0 Å². The zero-order chi connectivity index (χ0) is 16.4. The maximum absolute atomic E-state index is 11.7. The lowest BCUT2D eigenvalue weighted by molar-refractivity contribution is -0.158. The number of carbonyl (C=O) groups is 1. The first-order valence-corrected chi connectivity index (χ1v) is 8.57. The van der Waals surface area contributed by atoms with Crippen molar-refractivity contribution in [2.75, 3.05) is 13.2 Å². The third-order valence-electron chi connectivity index (χ3n) is 3.81. The van der Waals surface area contributed by atoms with Crippen LogP contribution in [0.15, 0.2) is 12.2 Å². The van der Waals surface area contributed by atoms with Crippen LogP contribution in [-0.4, -0.2) is 31.1 Å². The smallest absolute Gasteiger partial charge is 0.306 e. The molecule has 0 aliphatic carbocycles. The van der Waals surface area contributed by atoms with Crippen LogP contribution in [0.25, 0.3) is 0 Å². The topological polar surface area (TPSA) is 44.8 Å². The first-order chi connectivity index (χ1) is 10.4. The SMILES string of the molecule is C=C(CCCCCCC)CCC(=O)OCC1COC(C)(C)O1. The quantitative estimate of drug-likeness (QED) is 0.323. The number of allylic oxidation sites excluding steroid dienone is 1. The highest BCUT2D eigenvalue weighted by atomic mass is 16.7. The van der Waals surface area contributed by atoms with Gasteiger partial charge in [0.25, 0.3) is 0 Å². The Morgan fingerprint density at radius 2 is 1.91 bits per heavy atom. The van der Waals surface area contributed by atoms with Crippen LogP contribution in [0.4, 0.5) is 0 Å². The first kappa shape index (κ1) is 19.2. The van der Waals surface area contributed by atoms with Gasteiger partial charge in [-0.2, -0.15) is 0 Å². The predicted octanol–water partition coefficient (Wildman–Crippen LogP) is 4.38. The number of unbranched alkanes of at least 4 members (excludes halogenated alkanes) is 4. The van der Waals surface area contributed by atoms with E-state index in [0.717, 1.165) is 18.4 Å². The molecular formula is C18H32O4. The molecule has 1 rings (SSSR count). The molecule has 22 heavy (non-hydrogen) atoms. The number of hydrogen-bond acceptors (Lipinski definition) is 4. The standard InChI is InChI=1S/C18H32O4/c1-5-6-7-8-9-10-15(2)11-12-17(19)20-13-16-14-21-18(3,4)22-16/h16H,2,5-14H2,1,3-4H3. The van der Waals surface area contributed by atoms with Crippen LogP contribution < -0.4 is 0 Å². The van der Waals surface area contributed by atoms with Crippen molar-refractivity contribution >= 4 is 5.97 Å². The summed E-state index contributed by atoms with van der Waals surface area (Å²) in [5, 5.41) is 0. The van der Waals surface area contributed by atoms with Crippen LogP contribution in [-0.2, 0) is 19.0 Å². The van der Waals surface area contributed by atoms with Crippen molar-refractivity contribution in [2.45, 2.75) is 84.0 Å². The van der Waals surface area contributed by atoms with Gasteiger partial charge >= 0.3 is 5.97 Å². The molecule has 4 nitrogen and oxygen atoms in total. The summed E-state index contributed by atoms with van der Waals surface area (Å²) >= 11 is 0. The lowest BCUT2D eigenvalue weighted by atomic mass is 10.0. The lowest BCUT2D eigenvalue weighted by Crippen LogP contribution is -2.25. The van der Waals surface area contributed by atoms with Crippen LogP contribution in [0.3, 0.4) is 0 Å². The van der Waals surface area contributed by atoms with Gasteiger partial charge in [-0.1, -0.05) is 44.8 Å². The summed E-state index contributed by atoms with van der Waals surface area (Å²) in [4.78, 5) is 11.7. The number of hydrogen-bond donors (Lipinski definition) is 0. The van der Waals surface area contributed by atoms with Gasteiger partial charge in [-0.15, -0.1) is 0 Å². The van der Waals surface area contributed by atoms with Gasteiger partial charge in [0.1, 0.15) is 12.7 Å². The second kappa shape index (κ2) is 10.0. The van der Waals surface area contributed by atoms with Crippen molar-refractivity contribution < 1.29 is 19.0 Å². The van der Waals surface area contributed by atoms with Crippen LogP contribution in [0.2, 0.25) is 0 Å². The molecule has 0 saturated carbocycles. The Balaban J connectivity index is 2.02. The molecular weight excluding hydrogens is 280 g/mol. The number of ether oxygens (including phenoxy) is 3. The van der Waals surface area contributed by atoms with Crippen molar-refractivity contribution in [3.8, 4) is 0 Å². The number of esters is 1. The zero-order valence-corrected chi connectivity index (χ0v) is 14.5. The Hall–Kier alpha value is -0.870. The molecule has 1 aliphatic rings. The summed E-state index contributed by atoms with van der Waals surface area (Å²) in [5.74, 6) is -0.746. The summed E-state index contributed by atoms with van der Waals surface area (Å²) in [7, 11) is 0. The Morgan fingerprint density at radius 3 is 2.55 bits per heavy atom. The van der Waals surface area contributed by atoms with Crippen LogP contribution in [0.5, 0.6) is 0 Å². The molecule has 1 atom stereocenters. The largest absolute Gasteiger partial charge is 0.463 e. The molecule has 1 aliphatic heterocycles. The van der Waals surface area contributed by atoms with Gasteiger partial charge in [-0.05, 0) is 33.1 Å². The minimum atomic E-state index is -0.566. The zero-order valence-electron chi connectivity index (χ0n) is 14.5. The van der Waals surface area contributed by atoms with E-state index in [9.17, 15) is 4.79 Å². The molecule has 0 N–H and O–H groups in total. The number of rotatable bonds is 11. The molecule has 0 amide bonds. The van der Waals surface area contributed by atoms with Crippen molar-refractivity contribution in [3.63, 3.8) is 0 Å². The van der Waals surface area contributed by atoms with Crippen molar-refractivity contribution in [3.05, 3.63) is 12.2 Å². The van der Waals surface area contributed by atoms with E-state index in [4.69, 9.17) is 14.2 Å². The summed E-state index contributed by atoms with van der Waals surface area (Å²) in [6.45, 7) is 10.7. The summed E-state index contributed by atoms with van der Waals surface area (Å²) in [6.07, 6.45) is 8.30. The number of carbonyl (C=O) groups excluding carboxylic acids is 1. The van der Waals surface area contributed by atoms with Gasteiger partial charge in [-0.3, -0.25) is 4.79 Å². The average Bonchev–Trinajstić information content (AvgIpc) is 2.82. The van der Waals surface area contributed by atoms with Crippen LogP contribution in [0.1, 0.15) is 72.1 Å². The lowest BCUT2D eigenvalue weighted by Gasteiger charge is -2.17. The Morgan fingerprint density at radius 1 is 1.18 bits per heavy atom. The fourth-order valence-corrected chi connectivity index (χ4v) is 2.49. The molecule has 0 spiro atoms. The van der Waals surface area contributed by atoms with Gasteiger partial charge in [-0.25, -0.2) is 0 Å². The minimum Gasteiger partial charge on any atom is -0.463 e. The van der Waals surface area contributed by atoms with E-state index < -0.39 is 5.79 Å². The maximum atomic E-state index is 11.7. The van der Waals surface area contributed by atoms with Crippen molar-refractivity contribution in [1.82, 2.24) is 0 Å². The van der Waals surface area contributed by atoms with Crippen LogP contribution in [0, 0.1) is 0 Å². The second-order valence-electron chi connectivity index (χ2n) is 6.55. The third-order valence-corrected chi connectivity index (χ3v) is 3.81. The van der Waals surface area contributed by atoms with Gasteiger partial charge in [0.05, 0.1) is 6.61 Å². The third kappa shape index (κ3) is 8.54. The molecule has 0 aromatic carbocycles. The van der Waals surface area contributed by atoms with E-state index in [-0.39, 0.29) is 18.7 Å². The molecule has 1 saturated heterocycles. The molecule has 0 bridgehead atoms. The highest BCUT2D eigenvalue weighted by molar-refractivity contribution is 5.69. The summed E-state index contributed by atoms with van der Waals surface area (Å²) in [6, 6.07) is 0. The highest BCUT2D eigenvalue weighted by Gasteiger charge is 2.33. The molecule has 1 unspecified atom stereocenters. The van der Waals surface area contributed by atoms with E-state index in [0.29, 0.717) is 13.0 Å². The molecule has 1 heterocycles. The minimum absolute atomic E-state index is 0.152. The summed E-state index contributed by atoms with van der Waals surface area (Å²) < 4.78 is 16.3. The second-order valence-corrected chi connectivity index (χ2v) is 6.55. The van der Waals surface area contributed by atoms with Gasteiger partial charge < -0.3 is 14.2 Å². The van der Waals surface area contributed by atoms with E-state index in [2.05, 4.69) is 13.5 Å². The fraction of sp³-hybridized carbons (Fsp3) is 0.833. The van der Waals surface area contributed by atoms with Gasteiger partial charge in [0.2, 0.25) is 0 Å². The predicted molar refractivity (Wildman–Crippen MR) is 87.6 cm³/mol. The molecule has 0 radical (unpaired) electrons. The molecule has 0 aromatic rings. The fourth-order valence-electron chi connectivity index (χ4n) is 2.49. The Bertz CT molecular complexity index is 349. The Kier molecular flexibility index (Phi) is 8.72. The molecule has 128 valence electrons. The maximum Gasteiger partial charge on any atom is 0.306 e. The normalized spacial score (nSPS) is 20.0. The van der Waals surface area contributed by atoms with E-state index in [1.54, 1.807) is 0 Å². The van der Waals surface area contributed by atoms with Gasteiger partial charge in [0.15, 0.2) is 5.79 Å². The first-order valence-electron chi connectivity index (χ1n) is 8.57. The summed E-state index contributed by atoms with van der Waals surface area (Å²) in [5.41, 5.74) is 1.15. The van der Waals surface area contributed by atoms with Crippen molar-refractivity contribution in [1.29, 1.82) is 0 Å². The Labute approximate surface area is 135 Å². The van der Waals surface area contributed by atoms with Gasteiger partial charge in [0, 0.05) is 6.42 Å². The van der Waals surface area contributed by atoms with Crippen molar-refractivity contribution in [2.24, 2.45) is 0 Å². The molecule has 4 heteroatoms. The average molecular weight is 312 g/mol. The van der Waals surface area contributed by atoms with E-state index in [1.165, 1.54) is 32.1 Å². The highest BCUT2D eigenvalue weighted by Crippen LogP contribution is 2.22. The monoisotopic (exact) mass is 312 g/mol. The van der Waals surface area contributed by atoms with E-state index >= 15 is 0 Å². The van der Waals surface area contributed by atoms with E-state index in [1.807, 2.05) is 13.8 Å². The molecule has 0 aromatic heterocycles. The molecule has 1 fully saturated rings.